The molecule has 0 atom stereocenters. The van der Waals surface area contributed by atoms with Crippen molar-refractivity contribution >= 4 is 34.2 Å². The Labute approximate surface area is 146 Å². The lowest BCUT2D eigenvalue weighted by atomic mass is 10.1. The van der Waals surface area contributed by atoms with Crippen molar-refractivity contribution in [1.82, 2.24) is 9.38 Å². The Kier molecular flexibility index (Phi) is 4.19. The summed E-state index contributed by atoms with van der Waals surface area (Å²) in [6, 6.07) is 6.30. The molecule has 0 saturated carbocycles. The molecule has 2 aromatic heterocycles. The number of thiazole rings is 1. The number of non-ortho nitro benzene ring substituents is 1. The number of rotatable bonds is 4. The van der Waals surface area contributed by atoms with E-state index in [1.165, 1.54) is 29.7 Å². The molecule has 1 aromatic carbocycles. The lowest BCUT2D eigenvalue weighted by Crippen LogP contribution is -2.21. The Hall–Kier alpha value is -3.27. The number of benzene rings is 1. The van der Waals surface area contributed by atoms with Gasteiger partial charge in [0.25, 0.3) is 5.69 Å². The van der Waals surface area contributed by atoms with Crippen LogP contribution in [0.1, 0.15) is 16.3 Å². The summed E-state index contributed by atoms with van der Waals surface area (Å²) in [7, 11) is 0. The number of guanidine groups is 1. The second-order valence-electron chi connectivity index (χ2n) is 5.28. The van der Waals surface area contributed by atoms with E-state index in [1.54, 1.807) is 12.1 Å². The first kappa shape index (κ1) is 16.6. The van der Waals surface area contributed by atoms with Crippen LogP contribution in [-0.2, 0) is 0 Å². The number of aromatic nitrogens is 2. The van der Waals surface area contributed by atoms with Crippen LogP contribution in [0.4, 0.5) is 5.69 Å². The summed E-state index contributed by atoms with van der Waals surface area (Å²) in [6.07, 6.45) is 1.49. The van der Waals surface area contributed by atoms with Crippen LogP contribution in [0.5, 0.6) is 0 Å². The van der Waals surface area contributed by atoms with E-state index in [-0.39, 0.29) is 11.6 Å². The van der Waals surface area contributed by atoms with E-state index in [1.807, 2.05) is 18.2 Å². The summed E-state index contributed by atoms with van der Waals surface area (Å²) in [5.74, 6) is -0.160. The third kappa shape index (κ3) is 3.06. The number of nitro benzene ring substituents is 1. The zero-order chi connectivity index (χ0) is 18.1. The minimum Gasteiger partial charge on any atom is -0.369 e. The Balaban J connectivity index is 2.24. The van der Waals surface area contributed by atoms with Crippen LogP contribution in [0, 0.1) is 24.0 Å². The van der Waals surface area contributed by atoms with Gasteiger partial charge in [0, 0.05) is 28.3 Å². The highest BCUT2D eigenvalue weighted by molar-refractivity contribution is 7.17. The molecule has 0 saturated heterocycles. The molecule has 0 unspecified atom stereocenters. The first-order valence-electron chi connectivity index (χ1n) is 7.23. The van der Waals surface area contributed by atoms with E-state index < -0.39 is 4.92 Å². The number of hydrogen-bond donors (Lipinski definition) is 2. The van der Waals surface area contributed by atoms with E-state index in [0.29, 0.717) is 17.0 Å². The van der Waals surface area contributed by atoms with Crippen LogP contribution >= 0.6 is 11.3 Å². The third-order valence-electron chi connectivity index (χ3n) is 3.66. The van der Waals surface area contributed by atoms with Crippen LogP contribution in [0.2, 0.25) is 0 Å². The Morgan fingerprint density at radius 2 is 2.16 bits per heavy atom. The predicted molar refractivity (Wildman–Crippen MR) is 98.0 cm³/mol. The average Bonchev–Trinajstić information content (AvgIpc) is 3.05. The molecule has 0 spiro atoms. The van der Waals surface area contributed by atoms with Crippen LogP contribution in [0.3, 0.4) is 0 Å². The zero-order valence-corrected chi connectivity index (χ0v) is 14.3. The minimum absolute atomic E-state index is 0.00568. The van der Waals surface area contributed by atoms with Gasteiger partial charge >= 0.3 is 0 Å². The van der Waals surface area contributed by atoms with Crippen molar-refractivity contribution in [1.29, 1.82) is 0 Å². The summed E-state index contributed by atoms with van der Waals surface area (Å²) in [6.45, 7) is 3.97. The van der Waals surface area contributed by atoms with Crippen molar-refractivity contribution in [2.45, 2.75) is 13.8 Å². The van der Waals surface area contributed by atoms with Gasteiger partial charge in [-0.1, -0.05) is 12.1 Å². The molecular weight excluding hydrogens is 342 g/mol. The van der Waals surface area contributed by atoms with Gasteiger partial charge in [0.05, 0.1) is 22.5 Å². The molecule has 2 heterocycles. The van der Waals surface area contributed by atoms with Gasteiger partial charge in [-0.15, -0.1) is 16.4 Å². The standard InChI is InChI=1S/C15H15N7O2S/c1-8-9(2)25-15-19-13(10-4-3-5-11(6-10)22(23)24)12(21(8)15)7-18-20-14(16)17/h3-7H,1-2H3,(H4,16,17,20). The maximum atomic E-state index is 11.0. The normalized spacial score (nSPS) is 11.3. The number of nitrogens with two attached hydrogens (primary N) is 2. The Bertz CT molecular complexity index is 1030. The molecule has 0 aliphatic rings. The fourth-order valence-corrected chi connectivity index (χ4v) is 3.40. The SMILES string of the molecule is Cc1sc2nc(-c3cccc([N+](=O)[O-])c3)c(C=NN=C(N)N)n2c1C. The van der Waals surface area contributed by atoms with Crippen molar-refractivity contribution in [2.24, 2.45) is 21.7 Å². The average molecular weight is 357 g/mol. The lowest BCUT2D eigenvalue weighted by Gasteiger charge is -2.01. The van der Waals surface area contributed by atoms with E-state index in [2.05, 4.69) is 15.2 Å². The summed E-state index contributed by atoms with van der Waals surface area (Å²) in [5, 5.41) is 18.5. The molecular formula is C15H15N7O2S. The second kappa shape index (κ2) is 6.32. The van der Waals surface area contributed by atoms with E-state index in [9.17, 15) is 10.1 Å². The molecule has 0 radical (unpaired) electrons. The van der Waals surface area contributed by atoms with Gasteiger partial charge in [-0.25, -0.2) is 4.98 Å². The van der Waals surface area contributed by atoms with Crippen molar-refractivity contribution in [3.05, 3.63) is 50.6 Å². The monoisotopic (exact) mass is 357 g/mol. The fraction of sp³-hybridized carbons (Fsp3) is 0.133. The molecule has 9 nitrogen and oxygen atoms in total. The molecule has 0 aliphatic carbocycles. The third-order valence-corrected chi connectivity index (χ3v) is 4.71. The Morgan fingerprint density at radius 3 is 2.84 bits per heavy atom. The largest absolute Gasteiger partial charge is 0.369 e. The number of imidazole rings is 1. The first-order chi connectivity index (χ1) is 11.9. The van der Waals surface area contributed by atoms with Gasteiger partial charge < -0.3 is 11.5 Å². The van der Waals surface area contributed by atoms with Gasteiger partial charge in [-0.05, 0) is 13.8 Å². The summed E-state index contributed by atoms with van der Waals surface area (Å²) in [5.41, 5.74) is 13.5. The summed E-state index contributed by atoms with van der Waals surface area (Å²) < 4.78 is 1.93. The maximum Gasteiger partial charge on any atom is 0.270 e. The molecule has 25 heavy (non-hydrogen) atoms. The van der Waals surface area contributed by atoms with Gasteiger partial charge in [-0.2, -0.15) is 5.10 Å². The van der Waals surface area contributed by atoms with Crippen molar-refractivity contribution in [2.75, 3.05) is 0 Å². The fourth-order valence-electron chi connectivity index (χ4n) is 2.42. The lowest BCUT2D eigenvalue weighted by molar-refractivity contribution is -0.384. The van der Waals surface area contributed by atoms with E-state index in [0.717, 1.165) is 15.5 Å². The van der Waals surface area contributed by atoms with Crippen LogP contribution in [-0.4, -0.2) is 26.5 Å². The Morgan fingerprint density at radius 1 is 1.40 bits per heavy atom. The number of hydrogen-bond acceptors (Lipinski definition) is 6. The quantitative estimate of drug-likeness (QED) is 0.319. The molecule has 3 aromatic rings. The van der Waals surface area contributed by atoms with Crippen LogP contribution in [0.15, 0.2) is 34.5 Å². The van der Waals surface area contributed by atoms with E-state index >= 15 is 0 Å². The van der Waals surface area contributed by atoms with Gasteiger partial charge in [0.1, 0.15) is 0 Å². The topological polar surface area (TPSA) is 137 Å². The molecule has 0 fully saturated rings. The molecule has 0 amide bonds. The molecule has 4 N–H and O–H groups in total. The van der Waals surface area contributed by atoms with Gasteiger partial charge in [0.15, 0.2) is 4.96 Å². The van der Waals surface area contributed by atoms with Crippen LogP contribution < -0.4 is 11.5 Å². The highest BCUT2D eigenvalue weighted by Crippen LogP contribution is 2.31. The first-order valence-corrected chi connectivity index (χ1v) is 8.05. The smallest absolute Gasteiger partial charge is 0.270 e. The molecule has 10 heteroatoms. The number of nitrogens with zero attached hydrogens (tertiary/aromatic N) is 5. The number of fused-ring (bicyclic) bond motifs is 1. The molecule has 0 bridgehead atoms. The summed E-state index contributed by atoms with van der Waals surface area (Å²) in [4.78, 5) is 17.1. The number of aryl methyl sites for hydroxylation is 2. The van der Waals surface area contributed by atoms with Crippen molar-refractivity contribution < 1.29 is 4.92 Å². The molecule has 0 aliphatic heterocycles. The highest BCUT2D eigenvalue weighted by Gasteiger charge is 2.19. The van der Waals surface area contributed by atoms with Crippen molar-refractivity contribution in [3.63, 3.8) is 0 Å². The molecule has 3 rings (SSSR count). The zero-order valence-electron chi connectivity index (χ0n) is 13.5. The van der Waals surface area contributed by atoms with Gasteiger partial charge in [0.2, 0.25) is 5.96 Å². The minimum atomic E-state index is -0.440. The molecule has 128 valence electrons. The van der Waals surface area contributed by atoms with Gasteiger partial charge in [-0.3, -0.25) is 14.5 Å². The maximum absolute atomic E-state index is 11.0. The number of nitro groups is 1. The predicted octanol–water partition coefficient (Wildman–Crippen LogP) is 2.20. The second-order valence-corrected chi connectivity index (χ2v) is 6.47. The van der Waals surface area contributed by atoms with Crippen molar-refractivity contribution in [3.8, 4) is 11.3 Å². The highest BCUT2D eigenvalue weighted by atomic mass is 32.1. The van der Waals surface area contributed by atoms with Crippen LogP contribution in [0.25, 0.3) is 16.2 Å². The van der Waals surface area contributed by atoms with E-state index in [4.69, 9.17) is 11.5 Å². The summed E-state index contributed by atoms with van der Waals surface area (Å²) >= 11 is 1.53.